The van der Waals surface area contributed by atoms with Gasteiger partial charge in [0.15, 0.2) is 0 Å². The smallest absolute Gasteiger partial charge is 0.237 e. The first-order valence-corrected chi connectivity index (χ1v) is 10.6. The lowest BCUT2D eigenvalue weighted by molar-refractivity contribution is -0.133. The maximum Gasteiger partial charge on any atom is 0.237 e. The Morgan fingerprint density at radius 3 is 2.40 bits per heavy atom. The van der Waals surface area contributed by atoms with Gasteiger partial charge in [-0.05, 0) is 48.6 Å². The molecule has 30 heavy (non-hydrogen) atoms. The monoisotopic (exact) mass is 429 g/mol. The molecule has 6 heteroatoms. The van der Waals surface area contributed by atoms with Crippen molar-refractivity contribution in [2.24, 2.45) is 11.7 Å². The molecule has 5 nitrogen and oxygen atoms in total. The molecule has 2 atom stereocenters. The number of benzene rings is 2. The first kappa shape index (κ1) is 22.6. The van der Waals surface area contributed by atoms with Crippen molar-refractivity contribution in [1.82, 2.24) is 9.80 Å². The van der Waals surface area contributed by atoms with Crippen molar-refractivity contribution >= 4 is 18.3 Å². The summed E-state index contributed by atoms with van der Waals surface area (Å²) in [7, 11) is 1.67. The fraction of sp³-hybridized carbons (Fsp3) is 0.458. The van der Waals surface area contributed by atoms with E-state index in [0.717, 1.165) is 37.2 Å². The molecule has 1 aliphatic heterocycles. The van der Waals surface area contributed by atoms with Gasteiger partial charge in [0, 0.05) is 31.6 Å². The Morgan fingerprint density at radius 1 is 1.10 bits per heavy atom. The zero-order chi connectivity index (χ0) is 20.2. The minimum Gasteiger partial charge on any atom is -0.497 e. The molecule has 4 rings (SSSR count). The highest BCUT2D eigenvalue weighted by atomic mass is 35.5. The summed E-state index contributed by atoms with van der Waals surface area (Å²) >= 11 is 0. The lowest BCUT2D eigenvalue weighted by Gasteiger charge is -2.25. The minimum atomic E-state index is 0. The molecule has 2 fully saturated rings. The van der Waals surface area contributed by atoms with Crippen LogP contribution in [0.25, 0.3) is 0 Å². The molecular formula is C24H32ClN3O2. The van der Waals surface area contributed by atoms with E-state index in [9.17, 15) is 4.79 Å². The number of nitrogens with zero attached hydrogens (tertiary/aromatic N) is 2. The largest absolute Gasteiger partial charge is 0.497 e. The van der Waals surface area contributed by atoms with Crippen molar-refractivity contribution in [1.29, 1.82) is 0 Å². The number of nitrogens with two attached hydrogens (primary N) is 1. The van der Waals surface area contributed by atoms with Gasteiger partial charge < -0.3 is 15.4 Å². The van der Waals surface area contributed by atoms with Crippen LogP contribution in [0.1, 0.15) is 29.9 Å². The second kappa shape index (κ2) is 10.3. The number of hydrogen-bond acceptors (Lipinski definition) is 4. The molecule has 162 valence electrons. The van der Waals surface area contributed by atoms with Gasteiger partial charge >= 0.3 is 0 Å². The van der Waals surface area contributed by atoms with E-state index in [-0.39, 0.29) is 18.3 Å². The third-order valence-electron chi connectivity index (χ3n) is 6.23. The van der Waals surface area contributed by atoms with E-state index in [4.69, 9.17) is 10.5 Å². The van der Waals surface area contributed by atoms with Gasteiger partial charge in [-0.3, -0.25) is 9.69 Å². The number of ether oxygens (including phenoxy) is 1. The van der Waals surface area contributed by atoms with Gasteiger partial charge in [-0.1, -0.05) is 42.5 Å². The highest BCUT2D eigenvalue weighted by Gasteiger charge is 2.37. The van der Waals surface area contributed by atoms with Crippen LogP contribution < -0.4 is 10.5 Å². The molecule has 0 bridgehead atoms. The Balaban J connectivity index is 0.00000256. The molecule has 0 aromatic heterocycles. The van der Waals surface area contributed by atoms with Gasteiger partial charge in [-0.2, -0.15) is 0 Å². The van der Waals surface area contributed by atoms with Crippen LogP contribution in [0, 0.1) is 5.92 Å². The minimum absolute atomic E-state index is 0. The summed E-state index contributed by atoms with van der Waals surface area (Å²) in [6.07, 6.45) is 2.22. The highest BCUT2D eigenvalue weighted by Crippen LogP contribution is 2.33. The number of methoxy groups -OCH3 is 1. The number of likely N-dealkylation sites (tertiary alicyclic amines) is 1. The van der Waals surface area contributed by atoms with Gasteiger partial charge in [-0.15, -0.1) is 12.4 Å². The molecule has 0 spiro atoms. The van der Waals surface area contributed by atoms with Gasteiger partial charge in [-0.25, -0.2) is 0 Å². The van der Waals surface area contributed by atoms with Crippen LogP contribution in [0.2, 0.25) is 0 Å². The van der Waals surface area contributed by atoms with Crippen LogP contribution in [-0.4, -0.2) is 55.0 Å². The van der Waals surface area contributed by atoms with Crippen molar-refractivity contribution < 1.29 is 9.53 Å². The van der Waals surface area contributed by atoms with E-state index in [1.165, 1.54) is 5.56 Å². The maximum absolute atomic E-state index is 13.2. The lowest BCUT2D eigenvalue weighted by Crippen LogP contribution is -2.40. The third kappa shape index (κ3) is 5.34. The van der Waals surface area contributed by atoms with Crippen LogP contribution in [0.3, 0.4) is 0 Å². The van der Waals surface area contributed by atoms with Crippen molar-refractivity contribution in [2.75, 3.05) is 33.3 Å². The van der Waals surface area contributed by atoms with E-state index in [1.54, 1.807) is 7.11 Å². The number of rotatable bonds is 8. The normalized spacial score (nSPS) is 21.1. The van der Waals surface area contributed by atoms with Crippen molar-refractivity contribution in [3.8, 4) is 5.75 Å². The molecule has 1 aliphatic carbocycles. The van der Waals surface area contributed by atoms with Crippen molar-refractivity contribution in [2.45, 2.75) is 31.3 Å². The van der Waals surface area contributed by atoms with Gasteiger partial charge in [0.2, 0.25) is 5.91 Å². The average Bonchev–Trinajstić information content (AvgIpc) is 3.52. The molecule has 2 N–H and O–H groups in total. The molecule has 2 aromatic carbocycles. The maximum atomic E-state index is 13.2. The Morgan fingerprint density at radius 2 is 1.80 bits per heavy atom. The fourth-order valence-electron chi connectivity index (χ4n) is 4.42. The van der Waals surface area contributed by atoms with Crippen LogP contribution in [0.15, 0.2) is 54.6 Å². The first-order valence-electron chi connectivity index (χ1n) is 10.6. The fourth-order valence-corrected chi connectivity index (χ4v) is 4.42. The number of carbonyl (C=O) groups is 1. The Hall–Kier alpha value is -2.08. The molecular weight excluding hydrogens is 398 g/mol. The number of halogens is 1. The van der Waals surface area contributed by atoms with Crippen LogP contribution >= 0.6 is 12.4 Å². The van der Waals surface area contributed by atoms with E-state index in [2.05, 4.69) is 34.1 Å². The molecule has 1 saturated heterocycles. The Kier molecular flexibility index (Phi) is 7.75. The molecule has 1 saturated carbocycles. The summed E-state index contributed by atoms with van der Waals surface area (Å²) in [6, 6.07) is 19.0. The van der Waals surface area contributed by atoms with Crippen LogP contribution in [0.5, 0.6) is 5.75 Å². The van der Waals surface area contributed by atoms with E-state index >= 15 is 0 Å². The molecule has 1 heterocycles. The Bertz CT molecular complexity index is 811. The summed E-state index contributed by atoms with van der Waals surface area (Å²) in [4.78, 5) is 17.5. The molecule has 0 unspecified atom stereocenters. The Labute approximate surface area is 185 Å². The quantitative estimate of drug-likeness (QED) is 0.699. The average molecular weight is 430 g/mol. The van der Waals surface area contributed by atoms with Gasteiger partial charge in [0.25, 0.3) is 0 Å². The summed E-state index contributed by atoms with van der Waals surface area (Å²) in [5.41, 5.74) is 8.54. The zero-order valence-corrected chi connectivity index (χ0v) is 18.4. The summed E-state index contributed by atoms with van der Waals surface area (Å²) in [5, 5.41) is 0. The standard InChI is InChI=1S/C24H31N3O2.ClH/c1-29-22-11-7-18(8-12-22)14-27(21-9-10-21)24(28)17-26-15-20(13-25)23(16-26)19-5-3-2-4-6-19;/h2-8,11-12,20-21,23H,9-10,13-17,25H2,1H3;1H/t20-,23+;/m1./s1. The van der Waals surface area contributed by atoms with Crippen molar-refractivity contribution in [3.05, 3.63) is 65.7 Å². The second-order valence-corrected chi connectivity index (χ2v) is 8.31. The summed E-state index contributed by atoms with van der Waals surface area (Å²) in [5.74, 6) is 1.88. The zero-order valence-electron chi connectivity index (χ0n) is 17.6. The first-order chi connectivity index (χ1) is 14.2. The SMILES string of the molecule is COc1ccc(CN(C(=O)CN2C[C@@H](CN)[C@H](c3ccccc3)C2)C2CC2)cc1.Cl. The molecule has 0 radical (unpaired) electrons. The summed E-state index contributed by atoms with van der Waals surface area (Å²) < 4.78 is 5.24. The second-order valence-electron chi connectivity index (χ2n) is 8.31. The lowest BCUT2D eigenvalue weighted by atomic mass is 9.89. The van der Waals surface area contributed by atoms with Crippen LogP contribution in [-0.2, 0) is 11.3 Å². The van der Waals surface area contributed by atoms with Crippen LogP contribution in [0.4, 0.5) is 0 Å². The van der Waals surface area contributed by atoms with Gasteiger partial charge in [0.05, 0.1) is 13.7 Å². The van der Waals surface area contributed by atoms with E-state index < -0.39 is 0 Å². The molecule has 2 aliphatic rings. The van der Waals surface area contributed by atoms with E-state index in [1.807, 2.05) is 30.3 Å². The van der Waals surface area contributed by atoms with Crippen molar-refractivity contribution in [3.63, 3.8) is 0 Å². The predicted octanol–water partition coefficient (Wildman–Crippen LogP) is 3.28. The topological polar surface area (TPSA) is 58.8 Å². The highest BCUT2D eigenvalue weighted by molar-refractivity contribution is 5.85. The molecule has 2 aromatic rings. The number of carbonyl (C=O) groups excluding carboxylic acids is 1. The molecule has 1 amide bonds. The third-order valence-corrected chi connectivity index (χ3v) is 6.23. The number of amides is 1. The number of hydrogen-bond donors (Lipinski definition) is 1. The predicted molar refractivity (Wildman–Crippen MR) is 122 cm³/mol. The van der Waals surface area contributed by atoms with Gasteiger partial charge in [0.1, 0.15) is 5.75 Å². The van der Waals surface area contributed by atoms with E-state index in [0.29, 0.717) is 37.5 Å². The summed E-state index contributed by atoms with van der Waals surface area (Å²) in [6.45, 7) is 3.60.